The summed E-state index contributed by atoms with van der Waals surface area (Å²) in [5, 5.41) is 20.2. The Morgan fingerprint density at radius 2 is 1.78 bits per heavy atom. The Bertz CT molecular complexity index is 277. The van der Waals surface area contributed by atoms with Crippen LogP contribution in [0.5, 0.6) is 0 Å². The number of aliphatic carboxylic acids is 2. The van der Waals surface area contributed by atoms with Gasteiger partial charge in [-0.2, -0.15) is 0 Å². The summed E-state index contributed by atoms with van der Waals surface area (Å²) in [6.07, 6.45) is 4.01. The Balaban J connectivity index is 0. The summed E-state index contributed by atoms with van der Waals surface area (Å²) in [5.41, 5.74) is -0.990. The summed E-state index contributed by atoms with van der Waals surface area (Å²) in [6.45, 7) is 4.34. The van der Waals surface area contributed by atoms with E-state index >= 15 is 0 Å². The molecule has 0 bridgehead atoms. The number of carboxylic acid groups (broad SMARTS) is 2. The van der Waals surface area contributed by atoms with Crippen molar-refractivity contribution in [1.29, 1.82) is 0 Å². The Morgan fingerprint density at radius 3 is 2.17 bits per heavy atom. The number of hydrogen-bond donors (Lipinski definition) is 2. The van der Waals surface area contributed by atoms with E-state index < -0.39 is 17.7 Å². The van der Waals surface area contributed by atoms with Crippen LogP contribution in [0.25, 0.3) is 0 Å². The van der Waals surface area contributed by atoms with E-state index in [1.807, 2.05) is 6.92 Å². The maximum absolute atomic E-state index is 10.5. The summed E-state index contributed by atoms with van der Waals surface area (Å²) >= 11 is 0. The molecule has 0 aliphatic heterocycles. The van der Waals surface area contributed by atoms with Crippen LogP contribution in [-0.2, 0) is 36.8 Å². The first-order chi connectivity index (χ1) is 8.02. The molecule has 18 heavy (non-hydrogen) atoms. The zero-order valence-corrected chi connectivity index (χ0v) is 12.0. The van der Waals surface area contributed by atoms with Gasteiger partial charge in [-0.15, -0.1) is 0 Å². The third-order valence-corrected chi connectivity index (χ3v) is 2.41. The van der Waals surface area contributed by atoms with Crippen LogP contribution in [0.2, 0.25) is 0 Å². The Morgan fingerprint density at radius 1 is 1.22 bits per heavy atom. The number of oxime groups is 1. The second-order valence-corrected chi connectivity index (χ2v) is 3.76. The van der Waals surface area contributed by atoms with E-state index in [-0.39, 0.29) is 34.9 Å². The van der Waals surface area contributed by atoms with Gasteiger partial charge < -0.3 is 15.1 Å². The number of nitrogens with zero attached hydrogens (tertiary/aromatic N) is 1. The fourth-order valence-corrected chi connectivity index (χ4v) is 1.27. The molecular formula is C11H19AgNO5. The topological polar surface area (TPSA) is 96.2 Å². The average molecular weight is 353 g/mol. The molecule has 0 aliphatic carbocycles. The number of hydrogen-bond acceptors (Lipinski definition) is 4. The van der Waals surface area contributed by atoms with Gasteiger partial charge in [0.25, 0.3) is 5.71 Å². The van der Waals surface area contributed by atoms with E-state index in [4.69, 9.17) is 15.1 Å². The van der Waals surface area contributed by atoms with Crippen LogP contribution in [0, 0.1) is 5.92 Å². The van der Waals surface area contributed by atoms with Gasteiger partial charge in [0, 0.05) is 22.4 Å². The van der Waals surface area contributed by atoms with E-state index in [1.54, 1.807) is 0 Å². The van der Waals surface area contributed by atoms with E-state index in [1.165, 1.54) is 0 Å². The van der Waals surface area contributed by atoms with Crippen LogP contribution in [0.1, 0.15) is 39.5 Å². The van der Waals surface area contributed by atoms with Gasteiger partial charge in [0.05, 0.1) is 0 Å². The molecular weight excluding hydrogens is 334 g/mol. The molecule has 109 valence electrons. The summed E-state index contributed by atoms with van der Waals surface area (Å²) < 4.78 is 0. The molecule has 1 radical (unpaired) electrons. The van der Waals surface area contributed by atoms with Gasteiger partial charge in [0.2, 0.25) is 0 Å². The quantitative estimate of drug-likeness (QED) is 0.285. The zero-order valence-electron chi connectivity index (χ0n) is 10.5. The molecule has 0 aliphatic rings. The maximum atomic E-state index is 10.5. The summed E-state index contributed by atoms with van der Waals surface area (Å²) in [4.78, 5) is 25.7. The molecule has 0 rings (SSSR count). The van der Waals surface area contributed by atoms with Gasteiger partial charge in [-0.05, 0) is 18.8 Å². The monoisotopic (exact) mass is 352 g/mol. The van der Waals surface area contributed by atoms with Gasteiger partial charge in [0.15, 0.2) is 0 Å². The van der Waals surface area contributed by atoms with Crippen LogP contribution in [0.15, 0.2) is 5.16 Å². The van der Waals surface area contributed by atoms with Gasteiger partial charge in [-0.25, -0.2) is 9.59 Å². The molecule has 0 spiro atoms. The van der Waals surface area contributed by atoms with Crippen LogP contribution < -0.4 is 0 Å². The first-order valence-electron chi connectivity index (χ1n) is 5.69. The number of carbonyl (C=O) groups is 2. The minimum absolute atomic E-state index is 0. The molecule has 0 saturated carbocycles. The first-order valence-corrected chi connectivity index (χ1v) is 5.69. The standard InChI is InChI=1S/C11H19NO5.Ag/c1-3-5-6-8(4-2)7-17-12-9(10(13)14)11(15)16;/h8H,3-7H2,1-2H3,(H,13,14)(H,15,16);. The first kappa shape index (κ1) is 19.5. The van der Waals surface area contributed by atoms with Crippen molar-refractivity contribution >= 4 is 17.7 Å². The molecule has 0 amide bonds. The Kier molecular flexibility index (Phi) is 12.2. The molecule has 0 heterocycles. The second kappa shape index (κ2) is 11.3. The maximum Gasteiger partial charge on any atom is 0.365 e. The van der Waals surface area contributed by atoms with Crippen molar-refractivity contribution in [2.24, 2.45) is 11.1 Å². The van der Waals surface area contributed by atoms with Crippen LogP contribution >= 0.6 is 0 Å². The Labute approximate surface area is 122 Å². The minimum atomic E-state index is -1.60. The van der Waals surface area contributed by atoms with E-state index in [9.17, 15) is 9.59 Å². The minimum Gasteiger partial charge on any atom is -0.476 e. The number of rotatable bonds is 9. The summed E-state index contributed by atoms with van der Waals surface area (Å²) in [6, 6.07) is 0. The molecule has 1 unspecified atom stereocenters. The molecule has 0 aromatic rings. The summed E-state index contributed by atoms with van der Waals surface area (Å²) in [7, 11) is 0. The van der Waals surface area contributed by atoms with Crippen molar-refractivity contribution < 1.29 is 47.0 Å². The number of unbranched alkanes of at least 4 members (excludes halogenated alkanes) is 1. The molecule has 6 nitrogen and oxygen atoms in total. The third-order valence-electron chi connectivity index (χ3n) is 2.41. The predicted molar refractivity (Wildman–Crippen MR) is 62.0 cm³/mol. The number of carboxylic acids is 2. The molecule has 7 heteroatoms. The van der Waals surface area contributed by atoms with Crippen LogP contribution in [-0.4, -0.2) is 34.5 Å². The van der Waals surface area contributed by atoms with Gasteiger partial charge >= 0.3 is 11.9 Å². The van der Waals surface area contributed by atoms with Crippen molar-refractivity contribution in [3.8, 4) is 0 Å². The van der Waals surface area contributed by atoms with Gasteiger partial charge in [0.1, 0.15) is 6.61 Å². The Hall–Kier alpha value is -0.850. The van der Waals surface area contributed by atoms with Crippen molar-refractivity contribution in [2.45, 2.75) is 39.5 Å². The third kappa shape index (κ3) is 8.27. The fraction of sp³-hybridized carbons (Fsp3) is 0.727. The molecule has 0 fully saturated rings. The van der Waals surface area contributed by atoms with E-state index in [0.717, 1.165) is 25.7 Å². The smallest absolute Gasteiger partial charge is 0.365 e. The molecule has 0 saturated heterocycles. The predicted octanol–water partition coefficient (Wildman–Crippen LogP) is 1.74. The van der Waals surface area contributed by atoms with E-state index in [2.05, 4.69) is 12.1 Å². The molecule has 1 atom stereocenters. The summed E-state index contributed by atoms with van der Waals surface area (Å²) in [5.74, 6) is -2.92. The van der Waals surface area contributed by atoms with Crippen molar-refractivity contribution in [3.05, 3.63) is 0 Å². The average Bonchev–Trinajstić information content (AvgIpc) is 2.27. The SMILES string of the molecule is CCCCC(CC)CON=C(C(=O)O)C(=O)O.[Ag]. The largest absolute Gasteiger partial charge is 0.476 e. The molecule has 2 N–H and O–H groups in total. The molecule has 0 aromatic heterocycles. The van der Waals surface area contributed by atoms with Crippen molar-refractivity contribution in [3.63, 3.8) is 0 Å². The van der Waals surface area contributed by atoms with Crippen LogP contribution in [0.4, 0.5) is 0 Å². The second-order valence-electron chi connectivity index (χ2n) is 3.76. The van der Waals surface area contributed by atoms with Crippen molar-refractivity contribution in [2.75, 3.05) is 6.61 Å². The zero-order chi connectivity index (χ0) is 13.3. The van der Waals surface area contributed by atoms with Gasteiger partial charge in [-0.3, -0.25) is 0 Å². The fourth-order valence-electron chi connectivity index (χ4n) is 1.27. The normalized spacial score (nSPS) is 11.0. The van der Waals surface area contributed by atoms with E-state index in [0.29, 0.717) is 0 Å². The van der Waals surface area contributed by atoms with Crippen molar-refractivity contribution in [1.82, 2.24) is 0 Å². The van der Waals surface area contributed by atoms with Crippen LogP contribution in [0.3, 0.4) is 0 Å². The molecule has 0 aromatic carbocycles. The van der Waals surface area contributed by atoms with Gasteiger partial charge in [-0.1, -0.05) is 31.8 Å².